The lowest BCUT2D eigenvalue weighted by Gasteiger charge is -2.32. The maximum Gasteiger partial charge on any atom is 0.339 e. The second kappa shape index (κ2) is 6.60. The number of carbonyl (C=O) groups excluding carboxylic acids is 1. The molecule has 1 aliphatic heterocycles. The molecule has 2 aromatic rings. The molecule has 6 nitrogen and oxygen atoms in total. The van der Waals surface area contributed by atoms with Gasteiger partial charge in [-0.25, -0.2) is 9.78 Å². The largest absolute Gasteiger partial charge is 0.462 e. The highest BCUT2D eigenvalue weighted by Crippen LogP contribution is 2.24. The van der Waals surface area contributed by atoms with Gasteiger partial charge in [0.05, 0.1) is 18.2 Å². The lowest BCUT2D eigenvalue weighted by Crippen LogP contribution is -2.35. The van der Waals surface area contributed by atoms with Crippen LogP contribution in [-0.2, 0) is 4.74 Å². The van der Waals surface area contributed by atoms with Crippen molar-refractivity contribution in [3.8, 4) is 0 Å². The summed E-state index contributed by atoms with van der Waals surface area (Å²) in [4.78, 5) is 18.3. The molecule has 0 aliphatic carbocycles. The highest BCUT2D eigenvalue weighted by molar-refractivity contribution is 5.89. The Bertz CT molecular complexity index is 602. The Balaban J connectivity index is 1.60. The number of nitrogens with zero attached hydrogens (tertiary/aromatic N) is 4. The number of hydrogen-bond acceptors (Lipinski definition) is 5. The predicted octanol–water partition coefficient (Wildman–Crippen LogP) is 2.30. The number of rotatable bonds is 4. The number of pyridine rings is 1. The van der Waals surface area contributed by atoms with Crippen molar-refractivity contribution >= 4 is 11.8 Å². The molecule has 0 amide bonds. The zero-order valence-corrected chi connectivity index (χ0v) is 12.7. The average Bonchev–Trinajstić information content (AvgIpc) is 3.10. The summed E-state index contributed by atoms with van der Waals surface area (Å²) >= 11 is 0. The van der Waals surface area contributed by atoms with Crippen molar-refractivity contribution in [3.05, 3.63) is 42.4 Å². The van der Waals surface area contributed by atoms with Crippen molar-refractivity contribution < 1.29 is 9.53 Å². The van der Waals surface area contributed by atoms with E-state index in [1.807, 2.05) is 29.2 Å². The van der Waals surface area contributed by atoms with Crippen LogP contribution in [0.2, 0.25) is 0 Å². The van der Waals surface area contributed by atoms with Gasteiger partial charge in [0.15, 0.2) is 0 Å². The van der Waals surface area contributed by atoms with Crippen molar-refractivity contribution in [3.63, 3.8) is 0 Å². The lowest BCUT2D eigenvalue weighted by atomic mass is 10.1. The van der Waals surface area contributed by atoms with Crippen LogP contribution in [0, 0.1) is 0 Å². The van der Waals surface area contributed by atoms with E-state index in [9.17, 15) is 4.79 Å². The molecule has 0 unspecified atom stereocenters. The summed E-state index contributed by atoms with van der Waals surface area (Å²) in [7, 11) is 0. The maximum atomic E-state index is 11.6. The molecule has 1 aliphatic rings. The number of piperidine rings is 1. The smallest absolute Gasteiger partial charge is 0.339 e. The standard InChI is InChI=1S/C16H20N4O2/c1-2-22-16(21)13-4-5-15(17-12-13)19-10-6-14(7-11-19)20-9-3-8-18-20/h3-5,8-9,12,14H,2,6-7,10-11H2,1H3. The third-order valence-corrected chi connectivity index (χ3v) is 3.95. The third kappa shape index (κ3) is 3.10. The molecular formula is C16H20N4O2. The molecule has 1 saturated heterocycles. The fraction of sp³-hybridized carbons (Fsp3) is 0.438. The molecule has 0 radical (unpaired) electrons. The van der Waals surface area contributed by atoms with E-state index in [-0.39, 0.29) is 5.97 Å². The molecule has 3 heterocycles. The number of esters is 1. The van der Waals surface area contributed by atoms with Crippen LogP contribution in [0.3, 0.4) is 0 Å². The number of aromatic nitrogens is 3. The van der Waals surface area contributed by atoms with Crippen LogP contribution in [0.25, 0.3) is 0 Å². The number of hydrogen-bond donors (Lipinski definition) is 0. The molecule has 2 aromatic heterocycles. The molecule has 0 N–H and O–H groups in total. The molecule has 0 saturated carbocycles. The highest BCUT2D eigenvalue weighted by Gasteiger charge is 2.21. The quantitative estimate of drug-likeness (QED) is 0.811. The van der Waals surface area contributed by atoms with Gasteiger partial charge in [-0.3, -0.25) is 4.68 Å². The first-order chi connectivity index (χ1) is 10.8. The molecule has 1 fully saturated rings. The van der Waals surface area contributed by atoms with E-state index in [1.54, 1.807) is 19.2 Å². The van der Waals surface area contributed by atoms with Gasteiger partial charge in [0.25, 0.3) is 0 Å². The van der Waals surface area contributed by atoms with E-state index in [4.69, 9.17) is 4.74 Å². The molecule has 22 heavy (non-hydrogen) atoms. The number of carbonyl (C=O) groups is 1. The molecule has 116 valence electrons. The molecular weight excluding hydrogens is 280 g/mol. The van der Waals surface area contributed by atoms with Crippen LogP contribution in [-0.4, -0.2) is 40.4 Å². The summed E-state index contributed by atoms with van der Waals surface area (Å²) in [6.45, 7) is 4.05. The summed E-state index contributed by atoms with van der Waals surface area (Å²) < 4.78 is 7.00. The second-order valence-corrected chi connectivity index (χ2v) is 5.33. The van der Waals surface area contributed by atoms with Crippen molar-refractivity contribution in [2.75, 3.05) is 24.6 Å². The Morgan fingerprint density at radius 1 is 1.36 bits per heavy atom. The van der Waals surface area contributed by atoms with E-state index in [2.05, 4.69) is 15.0 Å². The third-order valence-electron chi connectivity index (χ3n) is 3.95. The van der Waals surface area contributed by atoms with E-state index >= 15 is 0 Å². The topological polar surface area (TPSA) is 60.2 Å². The van der Waals surface area contributed by atoms with Crippen molar-refractivity contribution in [1.29, 1.82) is 0 Å². The Kier molecular flexibility index (Phi) is 4.37. The summed E-state index contributed by atoms with van der Waals surface area (Å²) in [6.07, 6.45) is 7.52. The highest BCUT2D eigenvalue weighted by atomic mass is 16.5. The van der Waals surface area contributed by atoms with Crippen LogP contribution in [0.15, 0.2) is 36.8 Å². The molecule has 6 heteroatoms. The van der Waals surface area contributed by atoms with Crippen LogP contribution >= 0.6 is 0 Å². The Morgan fingerprint density at radius 2 is 2.18 bits per heavy atom. The van der Waals surface area contributed by atoms with Crippen LogP contribution in [0.1, 0.15) is 36.2 Å². The van der Waals surface area contributed by atoms with Gasteiger partial charge in [0.1, 0.15) is 5.82 Å². The van der Waals surface area contributed by atoms with Gasteiger partial charge in [-0.05, 0) is 38.0 Å². The molecule has 3 rings (SSSR count). The minimum absolute atomic E-state index is 0.320. The minimum atomic E-state index is -0.320. The SMILES string of the molecule is CCOC(=O)c1ccc(N2CCC(n3cccn3)CC2)nc1. The monoisotopic (exact) mass is 300 g/mol. The van der Waals surface area contributed by atoms with E-state index in [0.29, 0.717) is 18.2 Å². The van der Waals surface area contributed by atoms with Gasteiger partial charge in [0, 0.05) is 31.7 Å². The minimum Gasteiger partial charge on any atom is -0.462 e. The summed E-state index contributed by atoms with van der Waals surface area (Å²) in [5.41, 5.74) is 0.497. The first-order valence-corrected chi connectivity index (χ1v) is 7.65. The zero-order valence-electron chi connectivity index (χ0n) is 12.7. The molecule has 0 aromatic carbocycles. The first kappa shape index (κ1) is 14.6. The Hall–Kier alpha value is -2.37. The van der Waals surface area contributed by atoms with Crippen molar-refractivity contribution in [2.24, 2.45) is 0 Å². The Morgan fingerprint density at radius 3 is 2.77 bits per heavy atom. The average molecular weight is 300 g/mol. The van der Waals surface area contributed by atoms with Gasteiger partial charge >= 0.3 is 5.97 Å². The van der Waals surface area contributed by atoms with Gasteiger partial charge in [0.2, 0.25) is 0 Å². The normalized spacial score (nSPS) is 15.8. The van der Waals surface area contributed by atoms with Crippen molar-refractivity contribution in [1.82, 2.24) is 14.8 Å². The van der Waals surface area contributed by atoms with Crippen molar-refractivity contribution in [2.45, 2.75) is 25.8 Å². The van der Waals surface area contributed by atoms with E-state index < -0.39 is 0 Å². The summed E-state index contributed by atoms with van der Waals surface area (Å²) in [6, 6.07) is 6.09. The molecule has 0 atom stereocenters. The Labute approximate surface area is 129 Å². The second-order valence-electron chi connectivity index (χ2n) is 5.33. The van der Waals surface area contributed by atoms with Gasteiger partial charge < -0.3 is 9.64 Å². The van der Waals surface area contributed by atoms with E-state index in [0.717, 1.165) is 31.7 Å². The van der Waals surface area contributed by atoms with Crippen LogP contribution in [0.5, 0.6) is 0 Å². The molecule has 0 spiro atoms. The fourth-order valence-electron chi connectivity index (χ4n) is 2.76. The number of anilines is 1. The van der Waals surface area contributed by atoms with Crippen LogP contribution < -0.4 is 4.90 Å². The fourth-order valence-corrected chi connectivity index (χ4v) is 2.76. The van der Waals surface area contributed by atoms with Gasteiger partial charge in [-0.2, -0.15) is 5.10 Å². The van der Waals surface area contributed by atoms with Gasteiger partial charge in [-0.15, -0.1) is 0 Å². The number of ether oxygens (including phenoxy) is 1. The predicted molar refractivity (Wildman–Crippen MR) is 82.9 cm³/mol. The van der Waals surface area contributed by atoms with Gasteiger partial charge in [-0.1, -0.05) is 0 Å². The summed E-state index contributed by atoms with van der Waals surface area (Å²) in [5.74, 6) is 0.589. The first-order valence-electron chi connectivity index (χ1n) is 7.65. The van der Waals surface area contributed by atoms with Crippen LogP contribution in [0.4, 0.5) is 5.82 Å². The lowest BCUT2D eigenvalue weighted by molar-refractivity contribution is 0.0526. The summed E-state index contributed by atoms with van der Waals surface area (Å²) in [5, 5.41) is 4.32. The molecule has 0 bridgehead atoms. The van der Waals surface area contributed by atoms with E-state index in [1.165, 1.54) is 0 Å². The maximum absolute atomic E-state index is 11.6. The zero-order chi connectivity index (χ0) is 15.4.